The van der Waals surface area contributed by atoms with E-state index in [1.807, 2.05) is 6.92 Å². The van der Waals surface area contributed by atoms with Crippen LogP contribution in [0.2, 0.25) is 5.02 Å². The third kappa shape index (κ3) is 3.45. The van der Waals surface area contributed by atoms with Crippen LogP contribution in [-0.2, 0) is 0 Å². The third-order valence-electron chi connectivity index (χ3n) is 2.55. The minimum Gasteiger partial charge on any atom is -0.306 e. The van der Waals surface area contributed by atoms with Gasteiger partial charge in [0, 0.05) is 6.07 Å². The molecule has 2 aromatic carbocycles. The summed E-state index contributed by atoms with van der Waals surface area (Å²) in [6, 6.07) is 7.32. The minimum atomic E-state index is -0.852. The molecule has 0 aliphatic rings. The first kappa shape index (κ1) is 14.3. The zero-order valence-electron chi connectivity index (χ0n) is 10.5. The van der Waals surface area contributed by atoms with E-state index < -0.39 is 17.7 Å². The van der Waals surface area contributed by atoms with Crippen molar-refractivity contribution in [3.05, 3.63) is 58.6 Å². The fraction of sp³-hybridized carbons (Fsp3) is 0.0714. The van der Waals surface area contributed by atoms with E-state index in [0.29, 0.717) is 16.8 Å². The minimum absolute atomic E-state index is 0.118. The summed E-state index contributed by atoms with van der Waals surface area (Å²) in [5.74, 6) is -1.56. The fourth-order valence-corrected chi connectivity index (χ4v) is 1.87. The number of anilines is 2. The average Bonchev–Trinajstić information content (AvgIpc) is 2.36. The molecular formula is C14H11ClF2N2O. The molecule has 0 unspecified atom stereocenters. The summed E-state index contributed by atoms with van der Waals surface area (Å²) < 4.78 is 26.1. The van der Waals surface area contributed by atoms with Gasteiger partial charge < -0.3 is 10.6 Å². The monoisotopic (exact) mass is 296 g/mol. The molecule has 0 bridgehead atoms. The number of halogens is 3. The summed E-state index contributed by atoms with van der Waals surface area (Å²) in [5.41, 5.74) is 1.23. The highest BCUT2D eigenvalue weighted by Crippen LogP contribution is 2.23. The van der Waals surface area contributed by atoms with Gasteiger partial charge in [0.15, 0.2) is 0 Å². The molecule has 0 saturated heterocycles. The van der Waals surface area contributed by atoms with Crippen molar-refractivity contribution in [2.45, 2.75) is 6.92 Å². The summed E-state index contributed by atoms with van der Waals surface area (Å²) in [7, 11) is 0. The van der Waals surface area contributed by atoms with Crippen LogP contribution in [-0.4, -0.2) is 6.03 Å². The second-order valence-corrected chi connectivity index (χ2v) is 4.59. The Morgan fingerprint density at radius 3 is 2.35 bits per heavy atom. The molecule has 6 heteroatoms. The van der Waals surface area contributed by atoms with Crippen molar-refractivity contribution >= 4 is 29.0 Å². The van der Waals surface area contributed by atoms with Gasteiger partial charge in [-0.1, -0.05) is 17.7 Å². The molecule has 0 aliphatic carbocycles. The predicted molar refractivity (Wildman–Crippen MR) is 75.2 cm³/mol. The van der Waals surface area contributed by atoms with Crippen molar-refractivity contribution in [3.8, 4) is 0 Å². The van der Waals surface area contributed by atoms with Crippen LogP contribution in [0.4, 0.5) is 25.0 Å². The fourth-order valence-electron chi connectivity index (χ4n) is 1.59. The van der Waals surface area contributed by atoms with Crippen LogP contribution in [0.15, 0.2) is 36.4 Å². The standard InChI is InChI=1S/C14H11ClF2N2O/c1-8-2-4-12(10(15)6-8)18-14(20)19-13-5-3-9(16)7-11(13)17/h2-7H,1H3,(H2,18,19,20). The van der Waals surface area contributed by atoms with Crippen molar-refractivity contribution in [1.82, 2.24) is 0 Å². The molecule has 0 aliphatic heterocycles. The van der Waals surface area contributed by atoms with Crippen LogP contribution in [0.25, 0.3) is 0 Å². The molecule has 104 valence electrons. The lowest BCUT2D eigenvalue weighted by Crippen LogP contribution is -2.20. The second-order valence-electron chi connectivity index (χ2n) is 4.19. The van der Waals surface area contributed by atoms with E-state index >= 15 is 0 Å². The van der Waals surface area contributed by atoms with Gasteiger partial charge in [-0.25, -0.2) is 13.6 Å². The lowest BCUT2D eigenvalue weighted by molar-refractivity contribution is 0.262. The van der Waals surface area contributed by atoms with E-state index in [4.69, 9.17) is 11.6 Å². The van der Waals surface area contributed by atoms with Gasteiger partial charge in [-0.3, -0.25) is 0 Å². The van der Waals surface area contributed by atoms with Crippen molar-refractivity contribution in [2.24, 2.45) is 0 Å². The summed E-state index contributed by atoms with van der Waals surface area (Å²) in [5, 5.41) is 5.14. The Hall–Kier alpha value is -2.14. The Bertz CT molecular complexity index is 606. The zero-order chi connectivity index (χ0) is 14.7. The molecule has 0 saturated carbocycles. The van der Waals surface area contributed by atoms with Crippen LogP contribution in [0.1, 0.15) is 5.56 Å². The van der Waals surface area contributed by atoms with Gasteiger partial charge >= 0.3 is 6.03 Å². The molecule has 2 rings (SSSR count). The quantitative estimate of drug-likeness (QED) is 0.837. The van der Waals surface area contributed by atoms with Crippen molar-refractivity contribution in [1.29, 1.82) is 0 Å². The molecule has 0 spiro atoms. The van der Waals surface area contributed by atoms with E-state index in [9.17, 15) is 13.6 Å². The van der Waals surface area contributed by atoms with Crippen LogP contribution >= 0.6 is 11.6 Å². The van der Waals surface area contributed by atoms with Gasteiger partial charge in [0.05, 0.1) is 16.4 Å². The van der Waals surface area contributed by atoms with Crippen LogP contribution in [0.3, 0.4) is 0 Å². The Balaban J connectivity index is 2.09. The maximum Gasteiger partial charge on any atom is 0.323 e. The third-order valence-corrected chi connectivity index (χ3v) is 2.86. The number of hydrogen-bond donors (Lipinski definition) is 2. The first-order chi connectivity index (χ1) is 9.45. The van der Waals surface area contributed by atoms with E-state index in [0.717, 1.165) is 17.7 Å². The van der Waals surface area contributed by atoms with Gasteiger partial charge in [0.1, 0.15) is 11.6 Å². The predicted octanol–water partition coefficient (Wildman–Crippen LogP) is 4.57. The highest BCUT2D eigenvalue weighted by molar-refractivity contribution is 6.33. The number of benzene rings is 2. The highest BCUT2D eigenvalue weighted by Gasteiger charge is 2.09. The number of amides is 2. The Morgan fingerprint density at radius 2 is 1.70 bits per heavy atom. The van der Waals surface area contributed by atoms with Gasteiger partial charge in [0.25, 0.3) is 0 Å². The molecule has 2 amide bonds. The van der Waals surface area contributed by atoms with Gasteiger partial charge in [-0.05, 0) is 36.8 Å². The van der Waals surface area contributed by atoms with Crippen LogP contribution < -0.4 is 10.6 Å². The number of hydrogen-bond acceptors (Lipinski definition) is 1. The molecule has 20 heavy (non-hydrogen) atoms. The van der Waals surface area contributed by atoms with Gasteiger partial charge in [-0.15, -0.1) is 0 Å². The summed E-state index contributed by atoms with van der Waals surface area (Å²) in [6.45, 7) is 1.86. The second kappa shape index (κ2) is 5.88. The normalized spacial score (nSPS) is 10.2. The van der Waals surface area contributed by atoms with E-state index in [1.54, 1.807) is 18.2 Å². The van der Waals surface area contributed by atoms with Crippen LogP contribution in [0, 0.1) is 18.6 Å². The molecule has 0 radical (unpaired) electrons. The zero-order valence-corrected chi connectivity index (χ0v) is 11.3. The van der Waals surface area contributed by atoms with E-state index in [-0.39, 0.29) is 5.69 Å². The number of carbonyl (C=O) groups excluding carboxylic acids is 1. The smallest absolute Gasteiger partial charge is 0.306 e. The van der Waals surface area contributed by atoms with Crippen molar-refractivity contribution in [2.75, 3.05) is 10.6 Å². The molecular weight excluding hydrogens is 286 g/mol. The number of nitrogens with one attached hydrogen (secondary N) is 2. The molecule has 0 heterocycles. The first-order valence-electron chi connectivity index (χ1n) is 5.75. The molecule has 0 atom stereocenters. The van der Waals surface area contributed by atoms with Crippen LogP contribution in [0.5, 0.6) is 0 Å². The lowest BCUT2D eigenvalue weighted by atomic mass is 10.2. The highest BCUT2D eigenvalue weighted by atomic mass is 35.5. The molecule has 2 N–H and O–H groups in total. The summed E-state index contributed by atoms with van der Waals surface area (Å²) in [6.07, 6.45) is 0. The number of rotatable bonds is 2. The van der Waals surface area contributed by atoms with E-state index in [2.05, 4.69) is 10.6 Å². The maximum absolute atomic E-state index is 13.4. The molecule has 0 fully saturated rings. The number of urea groups is 1. The Labute approximate surface area is 119 Å². The molecule has 2 aromatic rings. The molecule has 0 aromatic heterocycles. The molecule has 3 nitrogen and oxygen atoms in total. The number of aryl methyl sites for hydroxylation is 1. The van der Waals surface area contributed by atoms with Gasteiger partial charge in [0.2, 0.25) is 0 Å². The van der Waals surface area contributed by atoms with E-state index in [1.165, 1.54) is 0 Å². The SMILES string of the molecule is Cc1ccc(NC(=O)Nc2ccc(F)cc2F)c(Cl)c1. The largest absolute Gasteiger partial charge is 0.323 e. The Kier molecular flexibility index (Phi) is 4.20. The maximum atomic E-state index is 13.4. The number of carbonyl (C=O) groups is 1. The Morgan fingerprint density at radius 1 is 1.05 bits per heavy atom. The summed E-state index contributed by atoms with van der Waals surface area (Å²) in [4.78, 5) is 11.7. The van der Waals surface area contributed by atoms with Crippen molar-refractivity contribution in [3.63, 3.8) is 0 Å². The lowest BCUT2D eigenvalue weighted by Gasteiger charge is -2.10. The average molecular weight is 297 g/mol. The first-order valence-corrected chi connectivity index (χ1v) is 6.13. The van der Waals surface area contributed by atoms with Gasteiger partial charge in [-0.2, -0.15) is 0 Å². The summed E-state index contributed by atoms with van der Waals surface area (Å²) >= 11 is 5.96. The topological polar surface area (TPSA) is 41.1 Å². The van der Waals surface area contributed by atoms with Crippen molar-refractivity contribution < 1.29 is 13.6 Å².